The molecule has 0 aromatic heterocycles. The number of piperazine rings is 1. The fraction of sp³-hybridized carbons (Fsp3) is 0.261. The number of carbonyl (C=O) groups excluding carboxylic acids is 2. The lowest BCUT2D eigenvalue weighted by Gasteiger charge is -2.35. The third-order valence-electron chi connectivity index (χ3n) is 4.78. The number of hydrogen-bond donors (Lipinski definition) is 1. The van der Waals surface area contributed by atoms with Gasteiger partial charge < -0.3 is 19.9 Å². The highest BCUT2D eigenvalue weighted by molar-refractivity contribution is 6.09. The minimum Gasteiger partial charge on any atom is -0.462 e. The van der Waals surface area contributed by atoms with E-state index in [2.05, 4.69) is 22.3 Å². The highest BCUT2D eigenvalue weighted by Crippen LogP contribution is 2.18. The SMILES string of the molecule is CCOC(=O)c1ccccc1NC(=O)/C(C#N)=C\N1CCN(c2ccccc2)CC1. The molecule has 2 aromatic carbocycles. The summed E-state index contributed by atoms with van der Waals surface area (Å²) in [6, 6.07) is 18.7. The molecular formula is C23H24N4O3. The van der Waals surface area contributed by atoms with Gasteiger partial charge in [-0.1, -0.05) is 30.3 Å². The van der Waals surface area contributed by atoms with Crippen LogP contribution < -0.4 is 10.2 Å². The van der Waals surface area contributed by atoms with E-state index in [1.165, 1.54) is 0 Å². The van der Waals surface area contributed by atoms with Crippen molar-refractivity contribution in [2.75, 3.05) is 43.0 Å². The molecule has 0 spiro atoms. The Bertz CT molecular complexity index is 958. The topological polar surface area (TPSA) is 85.7 Å². The number of carbonyl (C=O) groups is 2. The van der Waals surface area contributed by atoms with Crippen LogP contribution in [0.4, 0.5) is 11.4 Å². The van der Waals surface area contributed by atoms with E-state index in [-0.39, 0.29) is 17.7 Å². The van der Waals surface area contributed by atoms with Crippen molar-refractivity contribution in [1.82, 2.24) is 4.90 Å². The third kappa shape index (κ3) is 5.17. The van der Waals surface area contributed by atoms with Crippen LogP contribution in [-0.4, -0.2) is 49.6 Å². The van der Waals surface area contributed by atoms with Gasteiger partial charge in [-0.15, -0.1) is 0 Å². The summed E-state index contributed by atoms with van der Waals surface area (Å²) in [7, 11) is 0. The van der Waals surface area contributed by atoms with Gasteiger partial charge in [-0.25, -0.2) is 4.79 Å². The van der Waals surface area contributed by atoms with E-state index in [1.807, 2.05) is 29.2 Å². The van der Waals surface area contributed by atoms with Gasteiger partial charge in [0.2, 0.25) is 0 Å². The Kier molecular flexibility index (Phi) is 7.06. The molecule has 3 rings (SSSR count). The number of hydrogen-bond acceptors (Lipinski definition) is 6. The van der Waals surface area contributed by atoms with Crippen molar-refractivity contribution >= 4 is 23.3 Å². The average molecular weight is 404 g/mol. The van der Waals surface area contributed by atoms with Crippen LogP contribution in [0.3, 0.4) is 0 Å². The Hall–Kier alpha value is -3.79. The first kappa shape index (κ1) is 20.9. The minimum absolute atomic E-state index is 0.0122. The molecule has 7 heteroatoms. The van der Waals surface area contributed by atoms with Gasteiger partial charge in [0.1, 0.15) is 11.6 Å². The fourth-order valence-electron chi connectivity index (χ4n) is 3.24. The molecule has 154 valence electrons. The summed E-state index contributed by atoms with van der Waals surface area (Å²) in [5.74, 6) is -1.08. The maximum Gasteiger partial charge on any atom is 0.340 e. The van der Waals surface area contributed by atoms with Crippen LogP contribution in [0.2, 0.25) is 0 Å². The van der Waals surface area contributed by atoms with Crippen molar-refractivity contribution in [2.45, 2.75) is 6.92 Å². The number of rotatable bonds is 6. The molecule has 0 atom stereocenters. The van der Waals surface area contributed by atoms with Crippen LogP contribution >= 0.6 is 0 Å². The maximum atomic E-state index is 12.6. The molecule has 1 saturated heterocycles. The van der Waals surface area contributed by atoms with E-state index in [0.717, 1.165) is 18.8 Å². The zero-order valence-electron chi connectivity index (χ0n) is 16.9. The number of esters is 1. The molecule has 2 aromatic rings. The highest BCUT2D eigenvalue weighted by Gasteiger charge is 2.19. The molecule has 1 amide bonds. The summed E-state index contributed by atoms with van der Waals surface area (Å²) in [5, 5.41) is 12.1. The van der Waals surface area contributed by atoms with Crippen molar-refractivity contribution < 1.29 is 14.3 Å². The molecule has 0 saturated carbocycles. The van der Waals surface area contributed by atoms with E-state index in [4.69, 9.17) is 4.74 Å². The molecule has 1 fully saturated rings. The van der Waals surface area contributed by atoms with Gasteiger partial charge in [0, 0.05) is 38.1 Å². The Morgan fingerprint density at radius 3 is 2.40 bits per heavy atom. The monoisotopic (exact) mass is 404 g/mol. The summed E-state index contributed by atoms with van der Waals surface area (Å²) in [5.41, 5.74) is 1.72. The van der Waals surface area contributed by atoms with Crippen LogP contribution in [0, 0.1) is 11.3 Å². The summed E-state index contributed by atoms with van der Waals surface area (Å²) < 4.78 is 5.02. The molecule has 0 aliphatic carbocycles. The smallest absolute Gasteiger partial charge is 0.340 e. The normalized spacial score (nSPS) is 14.1. The number of nitrogens with one attached hydrogen (secondary N) is 1. The first-order valence-corrected chi connectivity index (χ1v) is 9.86. The Labute approximate surface area is 176 Å². The number of para-hydroxylation sites is 2. The Morgan fingerprint density at radius 1 is 1.07 bits per heavy atom. The molecular weight excluding hydrogens is 380 g/mol. The van der Waals surface area contributed by atoms with Crippen LogP contribution in [0.15, 0.2) is 66.4 Å². The van der Waals surface area contributed by atoms with Crippen LogP contribution in [0.1, 0.15) is 17.3 Å². The fourth-order valence-corrected chi connectivity index (χ4v) is 3.24. The summed E-state index contributed by atoms with van der Waals surface area (Å²) in [4.78, 5) is 29.0. The second kappa shape index (κ2) is 10.1. The Balaban J connectivity index is 1.65. The summed E-state index contributed by atoms with van der Waals surface area (Å²) in [6.45, 7) is 4.95. The lowest BCUT2D eigenvalue weighted by Crippen LogP contribution is -2.44. The van der Waals surface area contributed by atoms with Crippen LogP contribution in [-0.2, 0) is 9.53 Å². The molecule has 1 aliphatic rings. The summed E-state index contributed by atoms with van der Waals surface area (Å²) in [6.07, 6.45) is 1.59. The van der Waals surface area contributed by atoms with Crippen molar-refractivity contribution in [2.24, 2.45) is 0 Å². The number of nitriles is 1. The van der Waals surface area contributed by atoms with E-state index in [1.54, 1.807) is 37.4 Å². The lowest BCUT2D eigenvalue weighted by atomic mass is 10.1. The lowest BCUT2D eigenvalue weighted by molar-refractivity contribution is -0.112. The minimum atomic E-state index is -0.556. The third-order valence-corrected chi connectivity index (χ3v) is 4.78. The first-order chi connectivity index (χ1) is 14.6. The van der Waals surface area contributed by atoms with Gasteiger partial charge in [-0.05, 0) is 31.2 Å². The van der Waals surface area contributed by atoms with Crippen molar-refractivity contribution in [3.8, 4) is 6.07 Å². The van der Waals surface area contributed by atoms with Crippen LogP contribution in [0.5, 0.6) is 0 Å². The molecule has 0 unspecified atom stereocenters. The predicted molar refractivity (Wildman–Crippen MR) is 115 cm³/mol. The average Bonchev–Trinajstić information content (AvgIpc) is 2.79. The predicted octanol–water partition coefficient (Wildman–Crippen LogP) is 3.03. The van der Waals surface area contributed by atoms with E-state index in [9.17, 15) is 14.9 Å². The highest BCUT2D eigenvalue weighted by atomic mass is 16.5. The van der Waals surface area contributed by atoms with Gasteiger partial charge >= 0.3 is 5.97 Å². The van der Waals surface area contributed by atoms with Gasteiger partial charge in [0.15, 0.2) is 0 Å². The van der Waals surface area contributed by atoms with Gasteiger partial charge in [0.25, 0.3) is 5.91 Å². The Morgan fingerprint density at radius 2 is 1.73 bits per heavy atom. The number of ether oxygens (including phenoxy) is 1. The molecule has 0 radical (unpaired) electrons. The molecule has 0 bridgehead atoms. The first-order valence-electron chi connectivity index (χ1n) is 9.86. The molecule has 1 heterocycles. The van der Waals surface area contributed by atoms with E-state index >= 15 is 0 Å². The second-order valence-electron chi connectivity index (χ2n) is 6.73. The van der Waals surface area contributed by atoms with Crippen LogP contribution in [0.25, 0.3) is 0 Å². The molecule has 1 aliphatic heterocycles. The zero-order chi connectivity index (χ0) is 21.3. The van der Waals surface area contributed by atoms with Crippen molar-refractivity contribution in [3.05, 3.63) is 71.9 Å². The second-order valence-corrected chi connectivity index (χ2v) is 6.73. The van der Waals surface area contributed by atoms with Gasteiger partial charge in [-0.3, -0.25) is 4.79 Å². The molecule has 1 N–H and O–H groups in total. The largest absolute Gasteiger partial charge is 0.462 e. The van der Waals surface area contributed by atoms with E-state index in [0.29, 0.717) is 18.8 Å². The zero-order valence-corrected chi connectivity index (χ0v) is 16.9. The van der Waals surface area contributed by atoms with Gasteiger partial charge in [0.05, 0.1) is 17.9 Å². The summed E-state index contributed by atoms with van der Waals surface area (Å²) >= 11 is 0. The number of benzene rings is 2. The standard InChI is InChI=1S/C23H24N4O3/c1-2-30-23(29)20-10-6-7-11-21(20)25-22(28)18(16-24)17-26-12-14-27(15-13-26)19-8-4-3-5-9-19/h3-11,17H,2,12-15H2,1H3,(H,25,28)/b18-17-. The molecule has 7 nitrogen and oxygen atoms in total. The van der Waals surface area contributed by atoms with Gasteiger partial charge in [-0.2, -0.15) is 5.26 Å². The maximum absolute atomic E-state index is 12.6. The number of anilines is 2. The van der Waals surface area contributed by atoms with E-state index < -0.39 is 11.9 Å². The van der Waals surface area contributed by atoms with Crippen molar-refractivity contribution in [3.63, 3.8) is 0 Å². The number of amides is 1. The quantitative estimate of drug-likeness (QED) is 0.453. The number of nitrogens with zero attached hydrogens (tertiary/aromatic N) is 3. The molecule has 30 heavy (non-hydrogen) atoms. The van der Waals surface area contributed by atoms with Crippen molar-refractivity contribution in [1.29, 1.82) is 5.26 Å².